The first-order valence-electron chi connectivity index (χ1n) is 8.34. The zero-order valence-electron chi connectivity index (χ0n) is 13.2. The molecule has 4 rings (SSSR count). The minimum Gasteiger partial charge on any atom is -0.300 e. The fraction of sp³-hybridized carbons (Fsp3) is 0.444. The molecule has 23 heavy (non-hydrogen) atoms. The Morgan fingerprint density at radius 1 is 0.913 bits per heavy atom. The van der Waals surface area contributed by atoms with Crippen LogP contribution in [-0.4, -0.2) is 50.3 Å². The van der Waals surface area contributed by atoms with E-state index in [4.69, 9.17) is 0 Å². The van der Waals surface area contributed by atoms with Crippen LogP contribution in [0.3, 0.4) is 0 Å². The lowest BCUT2D eigenvalue weighted by Crippen LogP contribution is -2.49. The van der Waals surface area contributed by atoms with Crippen LogP contribution in [0.1, 0.15) is 12.8 Å². The van der Waals surface area contributed by atoms with Crippen molar-refractivity contribution >= 4 is 20.8 Å². The van der Waals surface area contributed by atoms with Gasteiger partial charge in [0.2, 0.25) is 10.0 Å². The van der Waals surface area contributed by atoms with Crippen LogP contribution < -0.4 is 0 Å². The van der Waals surface area contributed by atoms with Crippen LogP contribution in [0.15, 0.2) is 47.4 Å². The van der Waals surface area contributed by atoms with Crippen LogP contribution in [0.2, 0.25) is 0 Å². The highest BCUT2D eigenvalue weighted by Gasteiger charge is 2.31. The van der Waals surface area contributed by atoms with Gasteiger partial charge in [0.1, 0.15) is 0 Å². The summed E-state index contributed by atoms with van der Waals surface area (Å²) in [5.74, 6) is 0.860. The third kappa shape index (κ3) is 3.13. The van der Waals surface area contributed by atoms with Crippen molar-refractivity contribution in [1.29, 1.82) is 0 Å². The van der Waals surface area contributed by atoms with Crippen LogP contribution in [0.5, 0.6) is 0 Å². The van der Waals surface area contributed by atoms with Crippen LogP contribution in [0.4, 0.5) is 0 Å². The largest absolute Gasteiger partial charge is 0.300 e. The highest BCUT2D eigenvalue weighted by Crippen LogP contribution is 2.30. The molecule has 0 atom stereocenters. The minimum atomic E-state index is -3.38. The molecule has 1 saturated carbocycles. The smallest absolute Gasteiger partial charge is 0.243 e. The van der Waals surface area contributed by atoms with Gasteiger partial charge in [-0.1, -0.05) is 30.3 Å². The highest BCUT2D eigenvalue weighted by molar-refractivity contribution is 7.89. The maximum absolute atomic E-state index is 12.9. The van der Waals surface area contributed by atoms with Crippen molar-refractivity contribution in [3.05, 3.63) is 42.5 Å². The molecule has 122 valence electrons. The van der Waals surface area contributed by atoms with Gasteiger partial charge in [0.05, 0.1) is 4.90 Å². The number of hydrogen-bond donors (Lipinski definition) is 0. The number of fused-ring (bicyclic) bond motifs is 1. The van der Waals surface area contributed by atoms with Crippen molar-refractivity contribution in [2.75, 3.05) is 32.7 Å². The fourth-order valence-electron chi connectivity index (χ4n) is 3.29. The second-order valence-electron chi connectivity index (χ2n) is 6.66. The fourth-order valence-corrected chi connectivity index (χ4v) is 4.75. The van der Waals surface area contributed by atoms with Crippen molar-refractivity contribution in [1.82, 2.24) is 9.21 Å². The molecule has 1 heterocycles. The summed E-state index contributed by atoms with van der Waals surface area (Å²) in [6, 6.07) is 13.3. The highest BCUT2D eigenvalue weighted by atomic mass is 32.2. The summed E-state index contributed by atoms with van der Waals surface area (Å²) in [5.41, 5.74) is 0. The molecule has 0 N–H and O–H groups in total. The quantitative estimate of drug-likeness (QED) is 0.865. The van der Waals surface area contributed by atoms with E-state index in [1.165, 1.54) is 12.8 Å². The van der Waals surface area contributed by atoms with Crippen molar-refractivity contribution in [3.8, 4) is 0 Å². The van der Waals surface area contributed by atoms with Crippen molar-refractivity contribution < 1.29 is 8.42 Å². The molecule has 0 amide bonds. The molecule has 0 radical (unpaired) electrons. The molecule has 1 aliphatic carbocycles. The second kappa shape index (κ2) is 5.89. The predicted molar refractivity (Wildman–Crippen MR) is 91.9 cm³/mol. The molecule has 5 heteroatoms. The van der Waals surface area contributed by atoms with Crippen molar-refractivity contribution in [3.63, 3.8) is 0 Å². The Hall–Kier alpha value is -1.43. The third-order valence-electron chi connectivity index (χ3n) is 4.90. The normalized spacial score (nSPS) is 20.9. The van der Waals surface area contributed by atoms with Crippen LogP contribution in [-0.2, 0) is 10.0 Å². The monoisotopic (exact) mass is 330 g/mol. The van der Waals surface area contributed by atoms with Crippen LogP contribution >= 0.6 is 0 Å². The summed E-state index contributed by atoms with van der Waals surface area (Å²) in [7, 11) is -3.38. The summed E-state index contributed by atoms with van der Waals surface area (Å²) >= 11 is 0. The van der Waals surface area contributed by atoms with Gasteiger partial charge in [0.15, 0.2) is 0 Å². The molecule has 1 saturated heterocycles. The SMILES string of the molecule is O=S(=O)(c1ccc2ccccc2c1)N1CCN(CC2CC2)CC1. The van der Waals surface area contributed by atoms with Crippen LogP contribution in [0, 0.1) is 5.92 Å². The molecular weight excluding hydrogens is 308 g/mol. The van der Waals surface area contributed by atoms with E-state index in [9.17, 15) is 8.42 Å². The first-order chi connectivity index (χ1) is 11.1. The maximum atomic E-state index is 12.9. The lowest BCUT2D eigenvalue weighted by molar-refractivity contribution is 0.182. The van der Waals surface area contributed by atoms with E-state index in [0.717, 1.165) is 36.3 Å². The Bertz CT molecular complexity index is 807. The van der Waals surface area contributed by atoms with E-state index in [2.05, 4.69) is 4.90 Å². The summed E-state index contributed by atoms with van der Waals surface area (Å²) < 4.78 is 27.4. The van der Waals surface area contributed by atoms with Gasteiger partial charge in [0, 0.05) is 32.7 Å². The van der Waals surface area contributed by atoms with Gasteiger partial charge in [-0.3, -0.25) is 0 Å². The number of hydrogen-bond acceptors (Lipinski definition) is 3. The first-order valence-corrected chi connectivity index (χ1v) is 9.78. The summed E-state index contributed by atoms with van der Waals surface area (Å²) in [6.45, 7) is 4.04. The minimum absolute atomic E-state index is 0.409. The molecule has 0 spiro atoms. The molecule has 1 aliphatic heterocycles. The number of benzene rings is 2. The molecular formula is C18H22N2O2S. The Labute approximate surface area is 137 Å². The standard InChI is InChI=1S/C18H22N2O2S/c21-23(22,18-8-7-16-3-1-2-4-17(16)13-18)20-11-9-19(10-12-20)14-15-5-6-15/h1-4,7-8,13,15H,5-6,9-12,14H2. The average molecular weight is 330 g/mol. The molecule has 0 unspecified atom stereocenters. The molecule has 0 bridgehead atoms. The van der Waals surface area contributed by atoms with E-state index >= 15 is 0 Å². The summed E-state index contributed by atoms with van der Waals surface area (Å²) in [5, 5.41) is 2.04. The third-order valence-corrected chi connectivity index (χ3v) is 6.80. The Morgan fingerprint density at radius 2 is 1.61 bits per heavy atom. The Kier molecular flexibility index (Phi) is 3.87. The van der Waals surface area contributed by atoms with Gasteiger partial charge in [0.25, 0.3) is 0 Å². The Balaban J connectivity index is 1.52. The maximum Gasteiger partial charge on any atom is 0.243 e. The second-order valence-corrected chi connectivity index (χ2v) is 8.59. The number of nitrogens with zero attached hydrogens (tertiary/aromatic N) is 2. The zero-order chi connectivity index (χ0) is 15.9. The molecule has 2 fully saturated rings. The molecule has 2 aliphatic rings. The number of sulfonamides is 1. The lowest BCUT2D eigenvalue weighted by atomic mass is 10.1. The van der Waals surface area contributed by atoms with Crippen molar-refractivity contribution in [2.24, 2.45) is 5.92 Å². The van der Waals surface area contributed by atoms with E-state index in [0.29, 0.717) is 18.0 Å². The molecule has 2 aromatic carbocycles. The van der Waals surface area contributed by atoms with E-state index in [1.54, 1.807) is 16.4 Å². The lowest BCUT2D eigenvalue weighted by Gasteiger charge is -2.34. The molecule has 2 aromatic rings. The number of rotatable bonds is 4. The number of piperazine rings is 1. The van der Waals surface area contributed by atoms with Gasteiger partial charge >= 0.3 is 0 Å². The summed E-state index contributed by atoms with van der Waals surface area (Å²) in [6.07, 6.45) is 2.69. The first kappa shape index (κ1) is 15.1. The van der Waals surface area contributed by atoms with Gasteiger partial charge in [-0.25, -0.2) is 8.42 Å². The topological polar surface area (TPSA) is 40.6 Å². The average Bonchev–Trinajstić information content (AvgIpc) is 3.39. The zero-order valence-corrected chi connectivity index (χ0v) is 14.0. The van der Waals surface area contributed by atoms with E-state index < -0.39 is 10.0 Å². The van der Waals surface area contributed by atoms with E-state index in [1.807, 2.05) is 30.3 Å². The van der Waals surface area contributed by atoms with Gasteiger partial charge in [-0.15, -0.1) is 0 Å². The Morgan fingerprint density at radius 3 is 2.30 bits per heavy atom. The van der Waals surface area contributed by atoms with Crippen molar-refractivity contribution in [2.45, 2.75) is 17.7 Å². The molecule has 4 nitrogen and oxygen atoms in total. The van der Waals surface area contributed by atoms with Gasteiger partial charge in [-0.05, 0) is 41.7 Å². The van der Waals surface area contributed by atoms with E-state index in [-0.39, 0.29) is 0 Å². The van der Waals surface area contributed by atoms with Gasteiger partial charge in [-0.2, -0.15) is 4.31 Å². The van der Waals surface area contributed by atoms with Crippen LogP contribution in [0.25, 0.3) is 10.8 Å². The predicted octanol–water partition coefficient (Wildman–Crippen LogP) is 2.56. The van der Waals surface area contributed by atoms with Gasteiger partial charge < -0.3 is 4.90 Å². The summed E-state index contributed by atoms with van der Waals surface area (Å²) in [4.78, 5) is 2.82. The molecule has 0 aromatic heterocycles.